The van der Waals surface area contributed by atoms with Gasteiger partial charge in [0.15, 0.2) is 0 Å². The van der Waals surface area contributed by atoms with Crippen molar-refractivity contribution in [3.63, 3.8) is 0 Å². The molecule has 0 aromatic rings. The molecule has 0 aromatic heterocycles. The fourth-order valence-corrected chi connectivity index (χ4v) is 2.04. The summed E-state index contributed by atoms with van der Waals surface area (Å²) in [5.41, 5.74) is 7.49. The summed E-state index contributed by atoms with van der Waals surface area (Å²) in [6.45, 7) is 15.1. The summed E-state index contributed by atoms with van der Waals surface area (Å²) < 4.78 is 0. The van der Waals surface area contributed by atoms with Gasteiger partial charge in [0.25, 0.3) is 0 Å². The van der Waals surface area contributed by atoms with Gasteiger partial charge < -0.3 is 5.73 Å². The highest BCUT2D eigenvalue weighted by Crippen LogP contribution is 2.25. The molecule has 96 valence electrons. The second-order valence-corrected chi connectivity index (χ2v) is 6.02. The van der Waals surface area contributed by atoms with Crippen LogP contribution in [-0.2, 0) is 0 Å². The topological polar surface area (TPSA) is 26.0 Å². The van der Waals surface area contributed by atoms with Gasteiger partial charge in [0.1, 0.15) is 0 Å². The quantitative estimate of drug-likeness (QED) is 0.604. The first-order valence-electron chi connectivity index (χ1n) is 6.71. The molecule has 0 heterocycles. The van der Waals surface area contributed by atoms with Crippen molar-refractivity contribution in [2.75, 3.05) is 0 Å². The van der Waals surface area contributed by atoms with E-state index in [1.54, 1.807) is 0 Å². The normalized spacial score (nSPS) is 18.9. The van der Waals surface area contributed by atoms with E-state index in [4.69, 9.17) is 5.73 Å². The van der Waals surface area contributed by atoms with E-state index in [9.17, 15) is 0 Å². The average Bonchev–Trinajstić information content (AvgIpc) is 2.16. The molecule has 0 aliphatic carbocycles. The molecule has 0 radical (unpaired) electrons. The van der Waals surface area contributed by atoms with Crippen molar-refractivity contribution in [1.29, 1.82) is 0 Å². The summed E-state index contributed by atoms with van der Waals surface area (Å²) in [6.07, 6.45) is 5.93. The summed E-state index contributed by atoms with van der Waals surface area (Å²) in [5.74, 6) is 1.53. The van der Waals surface area contributed by atoms with Gasteiger partial charge in [-0.2, -0.15) is 0 Å². The third-order valence-electron chi connectivity index (χ3n) is 3.86. The zero-order valence-corrected chi connectivity index (χ0v) is 12.0. The van der Waals surface area contributed by atoms with Crippen LogP contribution in [0.3, 0.4) is 0 Å². The maximum atomic E-state index is 6.14. The Balaban J connectivity index is 3.80. The number of allylic oxidation sites excluding steroid dienone is 1. The van der Waals surface area contributed by atoms with Gasteiger partial charge in [-0.1, -0.05) is 39.2 Å². The van der Waals surface area contributed by atoms with E-state index < -0.39 is 0 Å². The molecule has 0 aromatic carbocycles. The van der Waals surface area contributed by atoms with E-state index in [0.717, 1.165) is 31.1 Å². The van der Waals surface area contributed by atoms with Gasteiger partial charge >= 0.3 is 0 Å². The molecular weight excluding hydrogens is 194 g/mol. The highest BCUT2D eigenvalue weighted by molar-refractivity contribution is 4.90. The highest BCUT2D eigenvalue weighted by Gasteiger charge is 2.17. The van der Waals surface area contributed by atoms with Gasteiger partial charge in [-0.15, -0.1) is 6.58 Å². The second kappa shape index (κ2) is 7.11. The maximum Gasteiger partial charge on any atom is 0.0123 e. The van der Waals surface area contributed by atoms with E-state index in [2.05, 4.69) is 41.2 Å². The molecule has 2 N–H and O–H groups in total. The van der Waals surface area contributed by atoms with Crippen molar-refractivity contribution < 1.29 is 0 Å². The molecule has 0 aliphatic heterocycles. The molecule has 0 bridgehead atoms. The molecule has 0 spiro atoms. The maximum absolute atomic E-state index is 6.14. The Bertz CT molecular complexity index is 205. The van der Waals surface area contributed by atoms with E-state index in [0.29, 0.717) is 0 Å². The van der Waals surface area contributed by atoms with E-state index >= 15 is 0 Å². The minimum Gasteiger partial charge on any atom is -0.325 e. The van der Waals surface area contributed by atoms with E-state index in [-0.39, 0.29) is 5.54 Å². The van der Waals surface area contributed by atoms with Crippen molar-refractivity contribution >= 4 is 0 Å². The summed E-state index contributed by atoms with van der Waals surface area (Å²) >= 11 is 0. The SMILES string of the molecule is C=C(C)CC(C)[C@H](C)CCCC(C)(N)CC. The van der Waals surface area contributed by atoms with Gasteiger partial charge in [-0.25, -0.2) is 0 Å². The first-order valence-corrected chi connectivity index (χ1v) is 6.71. The Kier molecular flexibility index (Phi) is 6.98. The smallest absolute Gasteiger partial charge is 0.0123 e. The van der Waals surface area contributed by atoms with Crippen molar-refractivity contribution in [2.24, 2.45) is 17.6 Å². The average molecular weight is 225 g/mol. The lowest BCUT2D eigenvalue weighted by Crippen LogP contribution is -2.35. The van der Waals surface area contributed by atoms with Crippen LogP contribution >= 0.6 is 0 Å². The molecule has 1 nitrogen and oxygen atoms in total. The lowest BCUT2D eigenvalue weighted by molar-refractivity contribution is 0.322. The van der Waals surface area contributed by atoms with Crippen LogP contribution in [0.2, 0.25) is 0 Å². The van der Waals surface area contributed by atoms with Crippen molar-refractivity contribution in [3.8, 4) is 0 Å². The van der Waals surface area contributed by atoms with Crippen LogP contribution in [0.1, 0.15) is 66.7 Å². The van der Waals surface area contributed by atoms with E-state index in [1.165, 1.54) is 18.4 Å². The number of rotatable bonds is 8. The molecule has 0 aliphatic rings. The second-order valence-electron chi connectivity index (χ2n) is 6.02. The Morgan fingerprint density at radius 1 is 1.31 bits per heavy atom. The fourth-order valence-electron chi connectivity index (χ4n) is 2.04. The first-order chi connectivity index (χ1) is 7.28. The van der Waals surface area contributed by atoms with Gasteiger partial charge in [0.2, 0.25) is 0 Å². The van der Waals surface area contributed by atoms with Gasteiger partial charge in [0, 0.05) is 5.54 Å². The van der Waals surface area contributed by atoms with E-state index in [1.807, 2.05) is 0 Å². The lowest BCUT2D eigenvalue weighted by Gasteiger charge is -2.25. The molecule has 2 unspecified atom stereocenters. The number of hydrogen-bond acceptors (Lipinski definition) is 1. The third kappa shape index (κ3) is 7.05. The monoisotopic (exact) mass is 225 g/mol. The summed E-state index contributed by atoms with van der Waals surface area (Å²) in [4.78, 5) is 0. The van der Waals surface area contributed by atoms with Crippen LogP contribution in [0, 0.1) is 11.8 Å². The minimum atomic E-state index is 0.0390. The predicted octanol–water partition coefficient (Wildman–Crippen LogP) is 4.52. The molecule has 16 heavy (non-hydrogen) atoms. The molecule has 1 heteroatoms. The molecule has 0 saturated carbocycles. The molecule has 0 fully saturated rings. The zero-order chi connectivity index (χ0) is 12.8. The van der Waals surface area contributed by atoms with Gasteiger partial charge in [-0.3, -0.25) is 0 Å². The molecule has 0 amide bonds. The summed E-state index contributed by atoms with van der Waals surface area (Å²) in [6, 6.07) is 0. The lowest BCUT2D eigenvalue weighted by atomic mass is 9.84. The van der Waals surface area contributed by atoms with Crippen LogP contribution in [0.15, 0.2) is 12.2 Å². The van der Waals surface area contributed by atoms with Crippen LogP contribution in [-0.4, -0.2) is 5.54 Å². The molecule has 0 saturated heterocycles. The summed E-state index contributed by atoms with van der Waals surface area (Å²) in [5, 5.41) is 0. The van der Waals surface area contributed by atoms with Crippen molar-refractivity contribution in [2.45, 2.75) is 72.3 Å². The zero-order valence-electron chi connectivity index (χ0n) is 12.0. The van der Waals surface area contributed by atoms with Gasteiger partial charge in [-0.05, 0) is 44.9 Å². The minimum absolute atomic E-state index is 0.0390. The Labute approximate surface area is 102 Å². The van der Waals surface area contributed by atoms with Crippen LogP contribution < -0.4 is 5.73 Å². The number of hydrogen-bond donors (Lipinski definition) is 1. The Hall–Kier alpha value is -0.300. The molecular formula is C15H31N. The Morgan fingerprint density at radius 2 is 1.88 bits per heavy atom. The standard InChI is InChI=1S/C15H31N/c1-7-15(6,16)10-8-9-13(4)14(5)11-12(2)3/h13-14H,2,7-11,16H2,1,3-6H3/t13-,14?,15?/m1/s1. The molecule has 3 atom stereocenters. The third-order valence-corrected chi connectivity index (χ3v) is 3.86. The van der Waals surface area contributed by atoms with Gasteiger partial charge in [0.05, 0.1) is 0 Å². The van der Waals surface area contributed by atoms with Crippen molar-refractivity contribution in [3.05, 3.63) is 12.2 Å². The van der Waals surface area contributed by atoms with Crippen LogP contribution in [0.5, 0.6) is 0 Å². The predicted molar refractivity (Wildman–Crippen MR) is 74.5 cm³/mol. The first kappa shape index (κ1) is 15.7. The summed E-state index contributed by atoms with van der Waals surface area (Å²) in [7, 11) is 0. The number of nitrogens with two attached hydrogens (primary N) is 1. The molecule has 0 rings (SSSR count). The van der Waals surface area contributed by atoms with Crippen LogP contribution in [0.25, 0.3) is 0 Å². The van der Waals surface area contributed by atoms with Crippen molar-refractivity contribution in [1.82, 2.24) is 0 Å². The highest BCUT2D eigenvalue weighted by atomic mass is 14.7. The fraction of sp³-hybridized carbons (Fsp3) is 0.867. The Morgan fingerprint density at radius 3 is 2.31 bits per heavy atom. The van der Waals surface area contributed by atoms with Crippen LogP contribution in [0.4, 0.5) is 0 Å². The largest absolute Gasteiger partial charge is 0.325 e.